The molecule has 0 aliphatic heterocycles. The second kappa shape index (κ2) is 5.19. The van der Waals surface area contributed by atoms with Crippen molar-refractivity contribution in [3.63, 3.8) is 0 Å². The van der Waals surface area contributed by atoms with E-state index < -0.39 is 0 Å². The van der Waals surface area contributed by atoms with Crippen molar-refractivity contribution in [1.82, 2.24) is 5.16 Å². The van der Waals surface area contributed by atoms with Crippen LogP contribution in [0.25, 0.3) is 11.1 Å². The van der Waals surface area contributed by atoms with Gasteiger partial charge in [-0.2, -0.15) is 0 Å². The van der Waals surface area contributed by atoms with E-state index in [1.54, 1.807) is 0 Å². The Bertz CT molecular complexity index is 583. The Morgan fingerprint density at radius 1 is 1.30 bits per heavy atom. The van der Waals surface area contributed by atoms with Crippen molar-refractivity contribution < 1.29 is 9.26 Å². The molecule has 106 valence electrons. The van der Waals surface area contributed by atoms with Crippen molar-refractivity contribution in [2.75, 3.05) is 12.3 Å². The number of ether oxygens (including phenoxy) is 1. The Balaban J connectivity index is 1.82. The van der Waals surface area contributed by atoms with Crippen LogP contribution in [-0.4, -0.2) is 11.8 Å². The molecule has 0 spiro atoms. The molecule has 0 radical (unpaired) electrons. The highest BCUT2D eigenvalue weighted by Crippen LogP contribution is 2.46. The lowest BCUT2D eigenvalue weighted by molar-refractivity contribution is 0.271. The number of hydrogen-bond donors (Lipinski definition) is 1. The summed E-state index contributed by atoms with van der Waals surface area (Å²) in [6, 6.07) is 7.98. The van der Waals surface area contributed by atoms with Gasteiger partial charge in [-0.1, -0.05) is 31.1 Å². The Morgan fingerprint density at radius 2 is 2.00 bits per heavy atom. The minimum absolute atomic E-state index is 0.475. The summed E-state index contributed by atoms with van der Waals surface area (Å²) in [7, 11) is 0. The van der Waals surface area contributed by atoms with Gasteiger partial charge in [-0.3, -0.25) is 0 Å². The molecule has 0 bridgehead atoms. The minimum atomic E-state index is 0.475. The van der Waals surface area contributed by atoms with Gasteiger partial charge < -0.3 is 15.0 Å². The van der Waals surface area contributed by atoms with E-state index in [0.717, 1.165) is 42.1 Å². The third-order valence-corrected chi connectivity index (χ3v) is 3.42. The van der Waals surface area contributed by atoms with Crippen LogP contribution in [0.1, 0.15) is 38.4 Å². The normalized spacial score (nSPS) is 14.8. The van der Waals surface area contributed by atoms with Crippen molar-refractivity contribution in [1.29, 1.82) is 0 Å². The molecule has 0 atom stereocenters. The lowest BCUT2D eigenvalue weighted by Gasteiger charge is -2.09. The second-order valence-electron chi connectivity index (χ2n) is 5.81. The molecule has 1 heterocycles. The van der Waals surface area contributed by atoms with Crippen LogP contribution in [-0.2, 0) is 0 Å². The van der Waals surface area contributed by atoms with Crippen LogP contribution in [0.15, 0.2) is 28.8 Å². The zero-order chi connectivity index (χ0) is 14.1. The average molecular weight is 272 g/mol. The van der Waals surface area contributed by atoms with Crippen molar-refractivity contribution in [3.8, 4) is 16.9 Å². The number of rotatable bonds is 5. The topological polar surface area (TPSA) is 61.3 Å². The smallest absolute Gasteiger partial charge is 0.175 e. The number of anilines is 1. The van der Waals surface area contributed by atoms with E-state index in [0.29, 0.717) is 17.7 Å². The van der Waals surface area contributed by atoms with Crippen LogP contribution < -0.4 is 10.5 Å². The van der Waals surface area contributed by atoms with E-state index in [-0.39, 0.29) is 0 Å². The van der Waals surface area contributed by atoms with Crippen molar-refractivity contribution in [3.05, 3.63) is 30.0 Å². The summed E-state index contributed by atoms with van der Waals surface area (Å²) < 4.78 is 11.1. The lowest BCUT2D eigenvalue weighted by Crippen LogP contribution is -2.04. The van der Waals surface area contributed by atoms with Gasteiger partial charge in [-0.05, 0) is 36.5 Å². The molecule has 20 heavy (non-hydrogen) atoms. The van der Waals surface area contributed by atoms with Gasteiger partial charge in [0.2, 0.25) is 0 Å². The molecule has 1 saturated carbocycles. The molecule has 0 saturated heterocycles. The van der Waals surface area contributed by atoms with E-state index in [9.17, 15) is 0 Å². The molecule has 4 nitrogen and oxygen atoms in total. The molecule has 2 N–H and O–H groups in total. The van der Waals surface area contributed by atoms with Gasteiger partial charge in [-0.15, -0.1) is 0 Å². The Hall–Kier alpha value is -1.97. The SMILES string of the molecule is CC(C)COc1ccc(-c2c(N)noc2C2CC2)cc1. The third-order valence-electron chi connectivity index (χ3n) is 3.42. The van der Waals surface area contributed by atoms with Gasteiger partial charge in [0, 0.05) is 5.92 Å². The standard InChI is InChI=1S/C16H20N2O2/c1-10(2)9-19-13-7-5-11(6-8-13)14-15(12-3-4-12)20-18-16(14)17/h5-8,10,12H,3-4,9H2,1-2H3,(H2,17,18). The lowest BCUT2D eigenvalue weighted by atomic mass is 10.0. The van der Waals surface area contributed by atoms with Gasteiger partial charge in [0.15, 0.2) is 5.82 Å². The predicted molar refractivity (Wildman–Crippen MR) is 78.7 cm³/mol. The molecule has 1 aliphatic rings. The maximum absolute atomic E-state index is 5.94. The fraction of sp³-hybridized carbons (Fsp3) is 0.438. The van der Waals surface area contributed by atoms with Gasteiger partial charge >= 0.3 is 0 Å². The number of benzene rings is 1. The van der Waals surface area contributed by atoms with Gasteiger partial charge in [-0.25, -0.2) is 0 Å². The number of nitrogens with two attached hydrogens (primary N) is 1. The summed E-state index contributed by atoms with van der Waals surface area (Å²) >= 11 is 0. The number of nitrogen functional groups attached to an aromatic ring is 1. The van der Waals surface area contributed by atoms with E-state index in [1.165, 1.54) is 0 Å². The van der Waals surface area contributed by atoms with Crippen molar-refractivity contribution >= 4 is 5.82 Å². The fourth-order valence-electron chi connectivity index (χ4n) is 2.21. The first-order valence-corrected chi connectivity index (χ1v) is 7.13. The minimum Gasteiger partial charge on any atom is -0.493 e. The molecule has 2 aromatic rings. The molecular weight excluding hydrogens is 252 g/mol. The van der Waals surface area contributed by atoms with Crippen LogP contribution in [0.2, 0.25) is 0 Å². The van der Waals surface area contributed by atoms with Crippen molar-refractivity contribution in [2.24, 2.45) is 5.92 Å². The monoisotopic (exact) mass is 272 g/mol. The highest BCUT2D eigenvalue weighted by molar-refractivity contribution is 5.76. The van der Waals surface area contributed by atoms with E-state index in [4.69, 9.17) is 15.0 Å². The Morgan fingerprint density at radius 3 is 2.60 bits per heavy atom. The molecule has 1 fully saturated rings. The van der Waals surface area contributed by atoms with Crippen molar-refractivity contribution in [2.45, 2.75) is 32.6 Å². The molecule has 0 amide bonds. The number of aromatic nitrogens is 1. The molecular formula is C16H20N2O2. The molecule has 4 heteroatoms. The van der Waals surface area contributed by atoms with Gasteiger partial charge in [0.05, 0.1) is 12.2 Å². The number of hydrogen-bond acceptors (Lipinski definition) is 4. The average Bonchev–Trinajstić information content (AvgIpc) is 3.20. The molecule has 3 rings (SSSR count). The first kappa shape index (κ1) is 13.0. The highest BCUT2D eigenvalue weighted by Gasteiger charge is 2.32. The molecule has 1 aromatic heterocycles. The van der Waals surface area contributed by atoms with Gasteiger partial charge in [0.1, 0.15) is 11.5 Å². The maximum Gasteiger partial charge on any atom is 0.175 e. The summed E-state index contributed by atoms with van der Waals surface area (Å²) in [5, 5.41) is 3.91. The third kappa shape index (κ3) is 2.64. The summed E-state index contributed by atoms with van der Waals surface area (Å²) in [4.78, 5) is 0. The summed E-state index contributed by atoms with van der Waals surface area (Å²) in [5.41, 5.74) is 7.93. The van der Waals surface area contributed by atoms with E-state index in [2.05, 4.69) is 19.0 Å². The molecule has 0 unspecified atom stereocenters. The quantitative estimate of drug-likeness (QED) is 0.898. The molecule has 1 aromatic carbocycles. The Kier molecular flexibility index (Phi) is 3.38. The van der Waals surface area contributed by atoms with Crippen LogP contribution in [0.3, 0.4) is 0 Å². The largest absolute Gasteiger partial charge is 0.493 e. The van der Waals surface area contributed by atoms with Crippen LogP contribution in [0, 0.1) is 5.92 Å². The van der Waals surface area contributed by atoms with Crippen LogP contribution in [0.4, 0.5) is 5.82 Å². The van der Waals surface area contributed by atoms with E-state index >= 15 is 0 Å². The maximum atomic E-state index is 5.94. The molecule has 1 aliphatic carbocycles. The first-order chi connectivity index (χ1) is 9.65. The summed E-state index contributed by atoms with van der Waals surface area (Å²) in [6.07, 6.45) is 2.33. The fourth-order valence-corrected chi connectivity index (χ4v) is 2.21. The van der Waals surface area contributed by atoms with Gasteiger partial charge in [0.25, 0.3) is 0 Å². The predicted octanol–water partition coefficient (Wildman–Crippen LogP) is 3.84. The Labute approximate surface area is 118 Å². The van der Waals surface area contributed by atoms with Crippen LogP contribution >= 0.6 is 0 Å². The zero-order valence-corrected chi connectivity index (χ0v) is 11.9. The second-order valence-corrected chi connectivity index (χ2v) is 5.81. The highest BCUT2D eigenvalue weighted by atomic mass is 16.5. The first-order valence-electron chi connectivity index (χ1n) is 7.13. The summed E-state index contributed by atoms with van der Waals surface area (Å²) in [5.74, 6) is 3.29. The zero-order valence-electron chi connectivity index (χ0n) is 11.9. The van der Waals surface area contributed by atoms with E-state index in [1.807, 2.05) is 24.3 Å². The summed E-state index contributed by atoms with van der Waals surface area (Å²) in [6.45, 7) is 4.99. The van der Waals surface area contributed by atoms with Crippen LogP contribution in [0.5, 0.6) is 5.75 Å². The number of nitrogens with zero attached hydrogens (tertiary/aromatic N) is 1.